The Balaban J connectivity index is 3.31. The Morgan fingerprint density at radius 2 is 0.644 bits per heavy atom. The second kappa shape index (κ2) is 62.9. The molecule has 3 N–H and O–H groups in total. The van der Waals surface area contributed by atoms with Crippen LogP contribution in [0.3, 0.4) is 0 Å². The number of carbonyl (C=O) groups excluding carboxylic acids is 2. The molecule has 0 aromatic rings. The summed E-state index contributed by atoms with van der Waals surface area (Å²) in [5.41, 5.74) is 0. The van der Waals surface area contributed by atoms with Gasteiger partial charge >= 0.3 is 5.97 Å². The highest BCUT2D eigenvalue weighted by Gasteiger charge is 2.20. The second-order valence-corrected chi connectivity index (χ2v) is 22.8. The standard InChI is InChI=1S/C67H129NO5/c1-3-5-7-9-11-13-14-15-38-41-45-49-53-57-61-67(72)73-62-58-54-50-46-42-39-36-34-32-30-28-26-24-22-20-18-16-17-19-21-23-25-27-29-31-33-35-37-40-44-48-52-56-60-66(71)68-64(63-69)65(70)59-55-51-47-43-12-10-8-6-4-2/h14-15,20,22,64-65,69-70H,3-13,16-19,21,23-63H2,1-2H3,(H,68,71)/b15-14-,22-20-. The van der Waals surface area contributed by atoms with E-state index in [1.807, 2.05) is 0 Å². The van der Waals surface area contributed by atoms with E-state index in [-0.39, 0.29) is 18.5 Å². The van der Waals surface area contributed by atoms with Gasteiger partial charge in [0.1, 0.15) is 0 Å². The van der Waals surface area contributed by atoms with E-state index in [4.69, 9.17) is 4.74 Å². The SMILES string of the molecule is CCCCCCC/C=C\CCCCCCCC(=O)OCCCCCCCCCCCCCC/C=C\CCCCCCCCCCCCCCCCCCCC(=O)NC(CO)C(O)CCCCCCCCCCC. The van der Waals surface area contributed by atoms with Crippen molar-refractivity contribution in [2.75, 3.05) is 13.2 Å². The fourth-order valence-electron chi connectivity index (χ4n) is 10.4. The smallest absolute Gasteiger partial charge is 0.305 e. The molecule has 0 aliphatic rings. The van der Waals surface area contributed by atoms with E-state index in [9.17, 15) is 19.8 Å². The lowest BCUT2D eigenvalue weighted by atomic mass is 10.0. The Morgan fingerprint density at radius 1 is 0.370 bits per heavy atom. The third-order valence-corrected chi connectivity index (χ3v) is 15.5. The van der Waals surface area contributed by atoms with E-state index in [0.717, 1.165) is 44.9 Å². The van der Waals surface area contributed by atoms with Crippen LogP contribution in [0.4, 0.5) is 0 Å². The first-order valence-electron chi connectivity index (χ1n) is 33.1. The molecule has 0 fully saturated rings. The first-order valence-corrected chi connectivity index (χ1v) is 33.1. The third-order valence-electron chi connectivity index (χ3n) is 15.5. The summed E-state index contributed by atoms with van der Waals surface area (Å²) in [6, 6.07) is -0.536. The van der Waals surface area contributed by atoms with Gasteiger partial charge in [0, 0.05) is 12.8 Å². The predicted molar refractivity (Wildman–Crippen MR) is 320 cm³/mol. The molecule has 0 aliphatic heterocycles. The van der Waals surface area contributed by atoms with Crippen molar-refractivity contribution in [3.8, 4) is 0 Å². The highest BCUT2D eigenvalue weighted by molar-refractivity contribution is 5.76. The minimum atomic E-state index is -0.659. The molecule has 6 heteroatoms. The third kappa shape index (κ3) is 59.4. The van der Waals surface area contributed by atoms with Crippen molar-refractivity contribution in [2.45, 2.75) is 379 Å². The van der Waals surface area contributed by atoms with E-state index in [2.05, 4.69) is 43.5 Å². The summed E-state index contributed by atoms with van der Waals surface area (Å²) in [4.78, 5) is 24.5. The summed E-state index contributed by atoms with van der Waals surface area (Å²) in [5.74, 6) is -0.0226. The topological polar surface area (TPSA) is 95.9 Å². The van der Waals surface area contributed by atoms with Crippen LogP contribution in [0.1, 0.15) is 367 Å². The predicted octanol–water partition coefficient (Wildman–Crippen LogP) is 21.0. The number of hydrogen-bond donors (Lipinski definition) is 3. The van der Waals surface area contributed by atoms with Crippen LogP contribution in [-0.2, 0) is 14.3 Å². The van der Waals surface area contributed by atoms with Gasteiger partial charge in [-0.3, -0.25) is 9.59 Å². The van der Waals surface area contributed by atoms with Crippen molar-refractivity contribution >= 4 is 11.9 Å². The second-order valence-electron chi connectivity index (χ2n) is 22.8. The van der Waals surface area contributed by atoms with Crippen LogP contribution >= 0.6 is 0 Å². The zero-order valence-electron chi connectivity index (χ0n) is 49.4. The molecule has 73 heavy (non-hydrogen) atoms. The van der Waals surface area contributed by atoms with Crippen LogP contribution in [-0.4, -0.2) is 47.4 Å². The maximum Gasteiger partial charge on any atom is 0.305 e. The summed E-state index contributed by atoms with van der Waals surface area (Å²) < 4.78 is 5.48. The molecular weight excluding hydrogens is 899 g/mol. The lowest BCUT2D eigenvalue weighted by Gasteiger charge is -2.22. The quantitative estimate of drug-likeness (QED) is 0.0320. The average Bonchev–Trinajstić information content (AvgIpc) is 3.39. The molecule has 2 atom stereocenters. The maximum absolute atomic E-state index is 12.4. The van der Waals surface area contributed by atoms with Gasteiger partial charge < -0.3 is 20.3 Å². The highest BCUT2D eigenvalue weighted by atomic mass is 16.5. The molecule has 0 spiro atoms. The Bertz CT molecular complexity index is 1140. The first-order chi connectivity index (χ1) is 36.0. The highest BCUT2D eigenvalue weighted by Crippen LogP contribution is 2.18. The monoisotopic (exact) mass is 1030 g/mol. The molecule has 0 saturated carbocycles. The van der Waals surface area contributed by atoms with Crippen LogP contribution in [0.2, 0.25) is 0 Å². The molecule has 0 heterocycles. The Morgan fingerprint density at radius 3 is 0.973 bits per heavy atom. The number of nitrogens with one attached hydrogen (secondary N) is 1. The van der Waals surface area contributed by atoms with Gasteiger partial charge in [-0.25, -0.2) is 0 Å². The number of rotatable bonds is 62. The minimum absolute atomic E-state index is 0.0104. The first kappa shape index (κ1) is 71.3. The van der Waals surface area contributed by atoms with E-state index in [1.165, 1.54) is 289 Å². The van der Waals surface area contributed by atoms with E-state index in [0.29, 0.717) is 25.9 Å². The van der Waals surface area contributed by atoms with Crippen molar-refractivity contribution in [3.63, 3.8) is 0 Å². The summed E-state index contributed by atoms with van der Waals surface area (Å²) in [5, 5.41) is 23.1. The van der Waals surface area contributed by atoms with E-state index >= 15 is 0 Å². The number of carbonyl (C=O) groups is 2. The van der Waals surface area contributed by atoms with Crippen LogP contribution in [0.15, 0.2) is 24.3 Å². The van der Waals surface area contributed by atoms with Crippen molar-refractivity contribution in [2.24, 2.45) is 0 Å². The lowest BCUT2D eigenvalue weighted by molar-refractivity contribution is -0.143. The number of esters is 1. The van der Waals surface area contributed by atoms with Crippen LogP contribution in [0, 0.1) is 0 Å². The molecule has 0 rings (SSSR count). The number of allylic oxidation sites excluding steroid dienone is 4. The molecule has 0 aromatic carbocycles. The van der Waals surface area contributed by atoms with E-state index in [1.54, 1.807) is 0 Å². The lowest BCUT2D eigenvalue weighted by Crippen LogP contribution is -2.45. The molecule has 0 bridgehead atoms. The summed E-state index contributed by atoms with van der Waals surface area (Å²) in [7, 11) is 0. The molecular formula is C67H129NO5. The number of aliphatic hydroxyl groups is 2. The fourth-order valence-corrected chi connectivity index (χ4v) is 10.4. The van der Waals surface area contributed by atoms with Gasteiger partial charge in [-0.05, 0) is 77.0 Å². The van der Waals surface area contributed by atoms with Crippen molar-refractivity contribution < 1.29 is 24.5 Å². The minimum Gasteiger partial charge on any atom is -0.466 e. The molecule has 0 aliphatic carbocycles. The van der Waals surface area contributed by atoms with Crippen molar-refractivity contribution in [1.82, 2.24) is 5.32 Å². The van der Waals surface area contributed by atoms with Crippen molar-refractivity contribution in [3.05, 3.63) is 24.3 Å². The van der Waals surface area contributed by atoms with Gasteiger partial charge in [-0.1, -0.05) is 301 Å². The van der Waals surface area contributed by atoms with Gasteiger partial charge in [0.2, 0.25) is 5.91 Å². The fraction of sp³-hybridized carbons (Fsp3) is 0.910. The summed E-state index contributed by atoms with van der Waals surface area (Å²) in [6.45, 7) is 4.94. The van der Waals surface area contributed by atoms with Crippen LogP contribution in [0.25, 0.3) is 0 Å². The van der Waals surface area contributed by atoms with Crippen molar-refractivity contribution in [1.29, 1.82) is 0 Å². The Labute approximate surface area is 456 Å². The largest absolute Gasteiger partial charge is 0.466 e. The van der Waals surface area contributed by atoms with Crippen LogP contribution in [0.5, 0.6) is 0 Å². The molecule has 0 aromatic heterocycles. The van der Waals surface area contributed by atoms with Gasteiger partial charge in [0.25, 0.3) is 0 Å². The molecule has 432 valence electrons. The number of hydrogen-bond acceptors (Lipinski definition) is 5. The molecule has 1 amide bonds. The van der Waals surface area contributed by atoms with Gasteiger partial charge in [0.05, 0.1) is 25.4 Å². The molecule has 0 saturated heterocycles. The zero-order chi connectivity index (χ0) is 52.9. The average molecular weight is 1030 g/mol. The number of aliphatic hydroxyl groups excluding tert-OH is 2. The van der Waals surface area contributed by atoms with Gasteiger partial charge in [-0.15, -0.1) is 0 Å². The Kier molecular flexibility index (Phi) is 61.4. The number of ether oxygens (including phenoxy) is 1. The molecule has 0 radical (unpaired) electrons. The Hall–Kier alpha value is -1.66. The van der Waals surface area contributed by atoms with Gasteiger partial charge in [0.15, 0.2) is 0 Å². The maximum atomic E-state index is 12.4. The summed E-state index contributed by atoms with van der Waals surface area (Å²) in [6.07, 6.45) is 78.0. The normalized spacial score (nSPS) is 12.7. The number of unbranched alkanes of at least 4 members (excludes halogenated alkanes) is 47. The van der Waals surface area contributed by atoms with E-state index < -0.39 is 12.1 Å². The summed E-state index contributed by atoms with van der Waals surface area (Å²) >= 11 is 0. The zero-order valence-corrected chi connectivity index (χ0v) is 49.4. The molecule has 2 unspecified atom stereocenters. The number of amides is 1. The van der Waals surface area contributed by atoms with Gasteiger partial charge in [-0.2, -0.15) is 0 Å². The molecule has 6 nitrogen and oxygen atoms in total. The van der Waals surface area contributed by atoms with Crippen LogP contribution < -0.4 is 5.32 Å².